The van der Waals surface area contributed by atoms with Crippen molar-refractivity contribution >= 4 is 5.91 Å². The molecule has 4 heteroatoms. The Morgan fingerprint density at radius 2 is 1.25 bits per heavy atom. The smallest absolute Gasteiger partial charge is 0.221 e. The number of carbonyl (C=O) groups is 1. The molecule has 0 atom stereocenters. The minimum atomic E-state index is -0.627. The van der Waals surface area contributed by atoms with Gasteiger partial charge >= 0.3 is 0 Å². The highest BCUT2D eigenvalue weighted by molar-refractivity contribution is 5.78. The van der Waals surface area contributed by atoms with Crippen molar-refractivity contribution in [2.24, 2.45) is 0 Å². The molecule has 0 aliphatic rings. The second kappa shape index (κ2) is 9.56. The second-order valence-electron chi connectivity index (χ2n) is 11.2. The third-order valence-corrected chi connectivity index (χ3v) is 6.25. The molecule has 32 heavy (non-hydrogen) atoms. The fraction of sp³-hybridized carbons (Fsp3) is 0.536. The highest BCUT2D eigenvalue weighted by atomic mass is 16.3. The predicted molar refractivity (Wildman–Crippen MR) is 133 cm³/mol. The van der Waals surface area contributed by atoms with Crippen molar-refractivity contribution in [3.63, 3.8) is 0 Å². The van der Waals surface area contributed by atoms with Gasteiger partial charge in [-0.2, -0.15) is 0 Å². The van der Waals surface area contributed by atoms with Crippen LogP contribution in [0.1, 0.15) is 96.9 Å². The first-order valence-electron chi connectivity index (χ1n) is 11.6. The number of aromatic hydroxyl groups is 2. The lowest BCUT2D eigenvalue weighted by atomic mass is 9.70. The number of nitrogens with one attached hydrogen (secondary N) is 1. The Morgan fingerprint density at radius 1 is 0.812 bits per heavy atom. The summed E-state index contributed by atoms with van der Waals surface area (Å²) in [5.41, 5.74) is 2.53. The van der Waals surface area contributed by atoms with Crippen molar-refractivity contribution in [2.45, 2.75) is 90.9 Å². The van der Waals surface area contributed by atoms with Crippen LogP contribution in [0, 0.1) is 0 Å². The van der Waals surface area contributed by atoms with Crippen LogP contribution in [0.3, 0.4) is 0 Å². The Balaban J connectivity index is 2.66. The summed E-state index contributed by atoms with van der Waals surface area (Å²) in [6.07, 6.45) is 2.25. The molecule has 0 unspecified atom stereocenters. The topological polar surface area (TPSA) is 69.6 Å². The Labute approximate surface area is 194 Å². The number of benzene rings is 2. The van der Waals surface area contributed by atoms with E-state index < -0.39 is 5.41 Å². The van der Waals surface area contributed by atoms with Crippen molar-refractivity contribution in [1.82, 2.24) is 5.32 Å². The van der Waals surface area contributed by atoms with Gasteiger partial charge in [0.25, 0.3) is 0 Å². The van der Waals surface area contributed by atoms with Crippen LogP contribution >= 0.6 is 0 Å². The van der Waals surface area contributed by atoms with Gasteiger partial charge in [0.2, 0.25) is 5.91 Å². The van der Waals surface area contributed by atoms with Crippen LogP contribution in [0.15, 0.2) is 36.4 Å². The minimum Gasteiger partial charge on any atom is -0.508 e. The molecule has 2 rings (SSSR count). The molecule has 0 heterocycles. The van der Waals surface area contributed by atoms with E-state index in [0.29, 0.717) is 6.54 Å². The van der Waals surface area contributed by atoms with Gasteiger partial charge in [0.05, 0.1) is 0 Å². The molecule has 0 spiro atoms. The highest BCUT2D eigenvalue weighted by Gasteiger charge is 2.34. The average Bonchev–Trinajstić information content (AvgIpc) is 2.66. The van der Waals surface area contributed by atoms with E-state index in [1.54, 1.807) is 12.1 Å². The van der Waals surface area contributed by atoms with Crippen molar-refractivity contribution in [2.75, 3.05) is 6.54 Å². The fourth-order valence-corrected chi connectivity index (χ4v) is 4.12. The number of phenols is 2. The molecule has 0 saturated carbocycles. The highest BCUT2D eigenvalue weighted by Crippen LogP contribution is 2.42. The first-order valence-corrected chi connectivity index (χ1v) is 11.6. The standard InChI is InChI=1S/C28H41NO3/c1-9-10-15-29-25(32)18-28(8,19-11-13-23(30)21(16-19)26(2,3)4)20-12-14-24(31)22(17-20)27(5,6)7/h11-14,16-17,30-31H,9-10,15,18H2,1-8H3,(H,29,32). The maximum Gasteiger partial charge on any atom is 0.221 e. The summed E-state index contributed by atoms with van der Waals surface area (Å²) in [6, 6.07) is 11.3. The van der Waals surface area contributed by atoms with Crippen molar-refractivity contribution in [3.8, 4) is 11.5 Å². The first-order chi connectivity index (χ1) is 14.7. The number of carbonyl (C=O) groups excluding carboxylic acids is 1. The van der Waals surface area contributed by atoms with Crippen LogP contribution in [-0.4, -0.2) is 22.7 Å². The molecule has 0 aliphatic carbocycles. The Hall–Kier alpha value is -2.49. The van der Waals surface area contributed by atoms with Crippen molar-refractivity contribution in [3.05, 3.63) is 58.7 Å². The van der Waals surface area contributed by atoms with Crippen LogP contribution < -0.4 is 5.32 Å². The normalized spacial score (nSPS) is 12.6. The van der Waals surface area contributed by atoms with Crippen LogP contribution in [0.5, 0.6) is 11.5 Å². The van der Waals surface area contributed by atoms with Gasteiger partial charge in [0.15, 0.2) is 0 Å². The molecule has 2 aromatic rings. The van der Waals surface area contributed by atoms with E-state index in [4.69, 9.17) is 0 Å². The third kappa shape index (κ3) is 5.85. The van der Waals surface area contributed by atoms with E-state index >= 15 is 0 Å². The summed E-state index contributed by atoms with van der Waals surface area (Å²) in [4.78, 5) is 13.0. The van der Waals surface area contributed by atoms with E-state index in [1.165, 1.54) is 0 Å². The summed E-state index contributed by atoms with van der Waals surface area (Å²) in [7, 11) is 0. The SMILES string of the molecule is CCCCNC(=O)CC(C)(c1ccc(O)c(C(C)(C)C)c1)c1ccc(O)c(C(C)(C)C)c1. The van der Waals surface area contributed by atoms with E-state index in [-0.39, 0.29) is 34.7 Å². The molecule has 1 amide bonds. The zero-order valence-electron chi connectivity index (χ0n) is 21.1. The molecule has 0 radical (unpaired) electrons. The number of hydrogen-bond acceptors (Lipinski definition) is 3. The van der Waals surface area contributed by atoms with Crippen molar-refractivity contribution < 1.29 is 15.0 Å². The van der Waals surface area contributed by atoms with E-state index in [2.05, 4.69) is 60.7 Å². The van der Waals surface area contributed by atoms with Crippen LogP contribution in [0.25, 0.3) is 0 Å². The summed E-state index contributed by atoms with van der Waals surface area (Å²) < 4.78 is 0. The fourth-order valence-electron chi connectivity index (χ4n) is 4.12. The Kier molecular flexibility index (Phi) is 7.70. The number of unbranched alkanes of at least 4 members (excludes halogenated alkanes) is 1. The number of hydrogen-bond donors (Lipinski definition) is 3. The first kappa shape index (κ1) is 25.8. The van der Waals surface area contributed by atoms with Gasteiger partial charge in [-0.25, -0.2) is 0 Å². The lowest BCUT2D eigenvalue weighted by Gasteiger charge is -2.34. The molecule has 4 nitrogen and oxygen atoms in total. The van der Waals surface area contributed by atoms with Crippen LogP contribution in [-0.2, 0) is 21.0 Å². The maximum absolute atomic E-state index is 13.0. The molecule has 0 bridgehead atoms. The van der Waals surface area contributed by atoms with Gasteiger partial charge in [-0.15, -0.1) is 0 Å². The monoisotopic (exact) mass is 439 g/mol. The summed E-state index contributed by atoms with van der Waals surface area (Å²) in [6.45, 7) is 17.2. The van der Waals surface area contributed by atoms with Crippen LogP contribution in [0.4, 0.5) is 0 Å². The van der Waals surface area contributed by atoms with Gasteiger partial charge < -0.3 is 15.5 Å². The molecule has 2 aromatic carbocycles. The molecular formula is C28H41NO3. The van der Waals surface area contributed by atoms with Crippen molar-refractivity contribution in [1.29, 1.82) is 0 Å². The zero-order valence-corrected chi connectivity index (χ0v) is 21.1. The van der Waals surface area contributed by atoms with Gasteiger partial charge in [0, 0.05) is 18.4 Å². The Morgan fingerprint density at radius 3 is 1.62 bits per heavy atom. The lowest BCUT2D eigenvalue weighted by molar-refractivity contribution is -0.121. The molecule has 0 aliphatic heterocycles. The third-order valence-electron chi connectivity index (χ3n) is 6.25. The van der Waals surface area contributed by atoms with Gasteiger partial charge in [-0.3, -0.25) is 4.79 Å². The largest absolute Gasteiger partial charge is 0.508 e. The lowest BCUT2D eigenvalue weighted by Crippen LogP contribution is -2.34. The number of phenolic OH excluding ortho intramolecular Hbond substituents is 2. The minimum absolute atomic E-state index is 0.00304. The van der Waals surface area contributed by atoms with E-state index in [0.717, 1.165) is 35.1 Å². The van der Waals surface area contributed by atoms with Gasteiger partial charge in [0.1, 0.15) is 11.5 Å². The van der Waals surface area contributed by atoms with E-state index in [1.807, 2.05) is 24.3 Å². The molecule has 176 valence electrons. The summed E-state index contributed by atoms with van der Waals surface area (Å²) in [5.74, 6) is 0.519. The molecule has 0 aromatic heterocycles. The quantitative estimate of drug-likeness (QED) is 0.443. The van der Waals surface area contributed by atoms with Crippen LogP contribution in [0.2, 0.25) is 0 Å². The molecular weight excluding hydrogens is 398 g/mol. The second-order valence-corrected chi connectivity index (χ2v) is 11.2. The van der Waals surface area contributed by atoms with E-state index in [9.17, 15) is 15.0 Å². The summed E-state index contributed by atoms with van der Waals surface area (Å²) >= 11 is 0. The maximum atomic E-state index is 13.0. The molecule has 0 saturated heterocycles. The zero-order chi connectivity index (χ0) is 24.3. The van der Waals surface area contributed by atoms with Gasteiger partial charge in [-0.1, -0.05) is 86.1 Å². The predicted octanol–water partition coefficient (Wildman–Crippen LogP) is 6.31. The molecule has 3 N–H and O–H groups in total. The Bertz CT molecular complexity index is 885. The van der Waals surface area contributed by atoms with Gasteiger partial charge in [-0.05, 0) is 51.6 Å². The average molecular weight is 440 g/mol. The summed E-state index contributed by atoms with van der Waals surface area (Å²) in [5, 5.41) is 24.1. The number of amides is 1. The number of rotatable bonds is 7. The molecule has 0 fully saturated rings.